The predicted octanol–water partition coefficient (Wildman–Crippen LogP) is 2.50. The highest BCUT2D eigenvalue weighted by Crippen LogP contribution is 2.30. The highest BCUT2D eigenvalue weighted by atomic mass is 79.9. The Balaban J connectivity index is 1.83. The number of para-hydroxylation sites is 1. The Morgan fingerprint density at radius 1 is 1.30 bits per heavy atom. The molecule has 7 nitrogen and oxygen atoms in total. The van der Waals surface area contributed by atoms with E-state index in [1.807, 2.05) is 35.9 Å². The number of anilines is 1. The van der Waals surface area contributed by atoms with Crippen molar-refractivity contribution in [3.63, 3.8) is 0 Å². The van der Waals surface area contributed by atoms with Crippen molar-refractivity contribution < 1.29 is 9.53 Å². The van der Waals surface area contributed by atoms with E-state index in [4.69, 9.17) is 4.74 Å². The summed E-state index contributed by atoms with van der Waals surface area (Å²) in [4.78, 5) is 20.5. The third kappa shape index (κ3) is 2.85. The molecule has 3 aromatic rings. The molecule has 8 heteroatoms. The quantitative estimate of drug-likeness (QED) is 0.684. The first kappa shape index (κ1) is 15.3. The topological polar surface area (TPSA) is 81.1 Å². The molecule has 0 saturated carbocycles. The van der Waals surface area contributed by atoms with Gasteiger partial charge in [-0.1, -0.05) is 18.2 Å². The van der Waals surface area contributed by atoms with Crippen molar-refractivity contribution in [1.82, 2.24) is 20.0 Å². The third-order valence-corrected chi connectivity index (χ3v) is 4.19. The van der Waals surface area contributed by atoms with Crippen molar-refractivity contribution in [3.05, 3.63) is 46.7 Å². The molecule has 23 heavy (non-hydrogen) atoms. The van der Waals surface area contributed by atoms with Gasteiger partial charge < -0.3 is 9.30 Å². The van der Waals surface area contributed by atoms with E-state index >= 15 is 0 Å². The Bertz CT molecular complexity index is 838. The summed E-state index contributed by atoms with van der Waals surface area (Å²) in [7, 11) is 3.35. The molecule has 1 amide bonds. The molecular weight excluding hydrogens is 362 g/mol. The summed E-state index contributed by atoms with van der Waals surface area (Å²) in [6.45, 7) is 0. The Kier molecular flexibility index (Phi) is 4.16. The minimum Gasteiger partial charge on any atom is -0.481 e. The van der Waals surface area contributed by atoms with Gasteiger partial charge in [-0.25, -0.2) is 4.98 Å². The van der Waals surface area contributed by atoms with Crippen molar-refractivity contribution in [3.8, 4) is 5.88 Å². The molecule has 0 unspecified atom stereocenters. The molecule has 2 heterocycles. The maximum Gasteiger partial charge on any atom is 0.287 e. The minimum atomic E-state index is -0.304. The van der Waals surface area contributed by atoms with Crippen LogP contribution in [0.3, 0.4) is 0 Å². The van der Waals surface area contributed by atoms with Gasteiger partial charge in [0.2, 0.25) is 11.8 Å². The van der Waals surface area contributed by atoms with Crippen LogP contribution in [0.1, 0.15) is 10.5 Å². The van der Waals surface area contributed by atoms with E-state index < -0.39 is 0 Å². The van der Waals surface area contributed by atoms with Gasteiger partial charge in [0.15, 0.2) is 0 Å². The SMILES string of the molecule is COc1ccnc(NNC(=O)c2c(Br)c3ccccc3n2C)n1. The summed E-state index contributed by atoms with van der Waals surface area (Å²) in [6.07, 6.45) is 1.53. The molecule has 0 aliphatic rings. The molecule has 2 N–H and O–H groups in total. The molecule has 0 spiro atoms. The zero-order valence-corrected chi connectivity index (χ0v) is 14.1. The number of hydrogen-bond donors (Lipinski definition) is 2. The van der Waals surface area contributed by atoms with E-state index in [1.54, 1.807) is 6.07 Å². The molecule has 0 aliphatic heterocycles. The number of hydrogen-bond acceptors (Lipinski definition) is 5. The fourth-order valence-electron chi connectivity index (χ4n) is 2.29. The second-order valence-electron chi connectivity index (χ2n) is 4.74. The van der Waals surface area contributed by atoms with Crippen LogP contribution in [0.2, 0.25) is 0 Å². The van der Waals surface area contributed by atoms with Gasteiger partial charge in [-0.15, -0.1) is 0 Å². The van der Waals surface area contributed by atoms with Crippen molar-refractivity contribution >= 4 is 38.7 Å². The molecule has 0 bridgehead atoms. The Hall–Kier alpha value is -2.61. The van der Waals surface area contributed by atoms with E-state index in [0.717, 1.165) is 15.4 Å². The average molecular weight is 376 g/mol. The molecule has 3 rings (SSSR count). The van der Waals surface area contributed by atoms with Gasteiger partial charge in [-0.2, -0.15) is 4.98 Å². The van der Waals surface area contributed by atoms with Gasteiger partial charge in [0.1, 0.15) is 5.69 Å². The molecule has 118 valence electrons. The van der Waals surface area contributed by atoms with Crippen LogP contribution in [-0.2, 0) is 7.05 Å². The van der Waals surface area contributed by atoms with Crippen molar-refractivity contribution in [2.45, 2.75) is 0 Å². The van der Waals surface area contributed by atoms with Gasteiger partial charge in [0.05, 0.1) is 11.6 Å². The standard InChI is InChI=1S/C15H14BrN5O2/c1-21-10-6-4-3-5-9(10)12(16)13(21)14(22)19-20-15-17-8-7-11(18-15)23-2/h3-8H,1-2H3,(H,19,22)(H,17,18,20). The highest BCUT2D eigenvalue weighted by molar-refractivity contribution is 9.10. The molecule has 0 saturated heterocycles. The number of benzene rings is 1. The molecule has 1 aromatic carbocycles. The normalized spacial score (nSPS) is 10.6. The lowest BCUT2D eigenvalue weighted by Crippen LogP contribution is -2.31. The summed E-state index contributed by atoms with van der Waals surface area (Å²) in [5.41, 5.74) is 6.73. The fraction of sp³-hybridized carbons (Fsp3) is 0.133. The summed E-state index contributed by atoms with van der Waals surface area (Å²) in [6, 6.07) is 9.38. The second kappa shape index (κ2) is 6.25. The predicted molar refractivity (Wildman–Crippen MR) is 90.3 cm³/mol. The zero-order chi connectivity index (χ0) is 16.4. The lowest BCUT2D eigenvalue weighted by Gasteiger charge is -2.09. The number of halogens is 1. The number of nitrogens with one attached hydrogen (secondary N) is 2. The maximum atomic E-state index is 12.5. The second-order valence-corrected chi connectivity index (χ2v) is 5.53. The van der Waals surface area contributed by atoms with Crippen molar-refractivity contribution in [1.29, 1.82) is 0 Å². The Morgan fingerprint density at radius 2 is 2.09 bits per heavy atom. The van der Waals surface area contributed by atoms with E-state index in [9.17, 15) is 4.79 Å². The van der Waals surface area contributed by atoms with Gasteiger partial charge in [-0.3, -0.25) is 15.6 Å². The lowest BCUT2D eigenvalue weighted by atomic mass is 10.2. The number of fused-ring (bicyclic) bond motifs is 1. The number of nitrogens with zero attached hydrogens (tertiary/aromatic N) is 3. The Labute approximate surface area is 140 Å². The van der Waals surface area contributed by atoms with Gasteiger partial charge in [0, 0.05) is 30.2 Å². The number of aromatic nitrogens is 3. The van der Waals surface area contributed by atoms with Gasteiger partial charge in [0.25, 0.3) is 5.91 Å². The number of amides is 1. The van der Waals surface area contributed by atoms with E-state index in [-0.39, 0.29) is 11.9 Å². The highest BCUT2D eigenvalue weighted by Gasteiger charge is 2.19. The van der Waals surface area contributed by atoms with Crippen LogP contribution in [-0.4, -0.2) is 27.6 Å². The summed E-state index contributed by atoms with van der Waals surface area (Å²) in [5, 5.41) is 0.970. The number of hydrazine groups is 1. The van der Waals surface area contributed by atoms with E-state index in [1.165, 1.54) is 13.3 Å². The number of ether oxygens (including phenoxy) is 1. The lowest BCUT2D eigenvalue weighted by molar-refractivity contribution is 0.0954. The Morgan fingerprint density at radius 3 is 2.83 bits per heavy atom. The van der Waals surface area contributed by atoms with Crippen LogP contribution in [0.4, 0.5) is 5.95 Å². The number of carbonyl (C=O) groups is 1. The van der Waals surface area contributed by atoms with Crippen molar-refractivity contribution in [2.24, 2.45) is 7.05 Å². The van der Waals surface area contributed by atoms with Crippen LogP contribution in [0.5, 0.6) is 5.88 Å². The molecule has 0 radical (unpaired) electrons. The summed E-state index contributed by atoms with van der Waals surface area (Å²) in [5.74, 6) is 0.345. The summed E-state index contributed by atoms with van der Waals surface area (Å²) < 4.78 is 7.57. The maximum absolute atomic E-state index is 12.5. The van der Waals surface area contributed by atoms with Crippen LogP contribution >= 0.6 is 15.9 Å². The first-order valence-electron chi connectivity index (χ1n) is 6.78. The minimum absolute atomic E-state index is 0.243. The average Bonchev–Trinajstić information content (AvgIpc) is 2.84. The molecular formula is C15H14BrN5O2. The first-order valence-corrected chi connectivity index (χ1v) is 7.57. The summed E-state index contributed by atoms with van der Waals surface area (Å²) >= 11 is 3.49. The molecule has 0 aliphatic carbocycles. The number of methoxy groups -OCH3 is 1. The first-order chi connectivity index (χ1) is 11.1. The van der Waals surface area contributed by atoms with E-state index in [0.29, 0.717) is 11.6 Å². The smallest absolute Gasteiger partial charge is 0.287 e. The number of aryl methyl sites for hydroxylation is 1. The van der Waals surface area contributed by atoms with Crippen LogP contribution in [0.15, 0.2) is 41.0 Å². The van der Waals surface area contributed by atoms with Crippen LogP contribution < -0.4 is 15.6 Å². The number of carbonyl (C=O) groups excluding carboxylic acids is 1. The monoisotopic (exact) mass is 375 g/mol. The molecule has 2 aromatic heterocycles. The molecule has 0 atom stereocenters. The third-order valence-electron chi connectivity index (χ3n) is 3.39. The van der Waals surface area contributed by atoms with E-state index in [2.05, 4.69) is 36.7 Å². The zero-order valence-electron chi connectivity index (χ0n) is 12.5. The largest absolute Gasteiger partial charge is 0.481 e. The van der Waals surface area contributed by atoms with Gasteiger partial charge >= 0.3 is 0 Å². The number of rotatable bonds is 4. The fourth-order valence-corrected chi connectivity index (χ4v) is 3.07. The van der Waals surface area contributed by atoms with Crippen molar-refractivity contribution in [2.75, 3.05) is 12.5 Å². The van der Waals surface area contributed by atoms with Crippen LogP contribution in [0, 0.1) is 0 Å². The molecule has 0 fully saturated rings. The van der Waals surface area contributed by atoms with Gasteiger partial charge in [-0.05, 0) is 22.0 Å². The van der Waals surface area contributed by atoms with Crippen LogP contribution in [0.25, 0.3) is 10.9 Å².